The van der Waals surface area contributed by atoms with E-state index < -0.39 is 6.10 Å². The molecule has 0 amide bonds. The van der Waals surface area contributed by atoms with Crippen molar-refractivity contribution < 1.29 is 5.11 Å². The molecule has 24 heavy (non-hydrogen) atoms. The summed E-state index contributed by atoms with van der Waals surface area (Å²) in [4.78, 5) is 4.54. The quantitative estimate of drug-likeness (QED) is 0.748. The lowest BCUT2D eigenvalue weighted by Gasteiger charge is -2.19. The second kappa shape index (κ2) is 5.29. The molecule has 6 nitrogen and oxygen atoms in total. The number of imidazole rings is 1. The molecule has 6 heteroatoms. The number of nitrogens with one attached hydrogen (secondary N) is 1. The Morgan fingerprint density at radius 1 is 1.25 bits per heavy atom. The van der Waals surface area contributed by atoms with E-state index in [2.05, 4.69) is 33.1 Å². The van der Waals surface area contributed by atoms with E-state index in [0.29, 0.717) is 6.42 Å². The second-order valence-electron chi connectivity index (χ2n) is 6.49. The summed E-state index contributed by atoms with van der Waals surface area (Å²) in [5.74, 6) is 0.817. The van der Waals surface area contributed by atoms with Gasteiger partial charge in [0.25, 0.3) is 0 Å². The van der Waals surface area contributed by atoms with Gasteiger partial charge in [0.05, 0.1) is 24.4 Å². The first-order valence-corrected chi connectivity index (χ1v) is 8.38. The Kier molecular flexibility index (Phi) is 3.08. The van der Waals surface area contributed by atoms with Gasteiger partial charge in [-0.25, -0.2) is 4.98 Å². The van der Waals surface area contributed by atoms with Gasteiger partial charge in [-0.3, -0.25) is 4.68 Å². The molecule has 1 aliphatic heterocycles. The monoisotopic (exact) mass is 321 g/mol. The van der Waals surface area contributed by atoms with Crippen LogP contribution in [0.15, 0.2) is 42.7 Å². The van der Waals surface area contributed by atoms with Crippen molar-refractivity contribution in [2.45, 2.75) is 31.7 Å². The van der Waals surface area contributed by atoms with Crippen LogP contribution >= 0.6 is 0 Å². The normalized spacial score (nSPS) is 22.4. The molecule has 122 valence electrons. The number of aliphatic hydroxyl groups is 1. The van der Waals surface area contributed by atoms with Gasteiger partial charge in [-0.1, -0.05) is 24.3 Å². The van der Waals surface area contributed by atoms with Crippen molar-refractivity contribution in [3.05, 3.63) is 59.5 Å². The summed E-state index contributed by atoms with van der Waals surface area (Å²) in [5.41, 5.74) is 4.44. The average Bonchev–Trinajstić information content (AvgIpc) is 3.29. The minimum Gasteiger partial charge on any atom is -0.390 e. The number of nitrogens with zero attached hydrogens (tertiary/aromatic N) is 4. The van der Waals surface area contributed by atoms with Crippen LogP contribution in [0.2, 0.25) is 0 Å². The van der Waals surface area contributed by atoms with E-state index in [-0.39, 0.29) is 6.04 Å². The van der Waals surface area contributed by atoms with Crippen molar-refractivity contribution in [2.75, 3.05) is 6.54 Å². The first-order valence-electron chi connectivity index (χ1n) is 8.38. The highest BCUT2D eigenvalue weighted by molar-refractivity contribution is 5.52. The molecule has 2 N–H and O–H groups in total. The van der Waals surface area contributed by atoms with E-state index >= 15 is 0 Å². The molecular weight excluding hydrogens is 302 g/mol. The van der Waals surface area contributed by atoms with Crippen molar-refractivity contribution in [2.24, 2.45) is 0 Å². The lowest BCUT2D eigenvalue weighted by Crippen LogP contribution is -2.28. The summed E-state index contributed by atoms with van der Waals surface area (Å²) < 4.78 is 4.11. The van der Waals surface area contributed by atoms with Crippen LogP contribution in [0.1, 0.15) is 22.9 Å². The fourth-order valence-corrected chi connectivity index (χ4v) is 3.93. The van der Waals surface area contributed by atoms with Gasteiger partial charge in [-0.05, 0) is 17.2 Å². The Morgan fingerprint density at radius 3 is 3.08 bits per heavy atom. The fourth-order valence-electron chi connectivity index (χ4n) is 3.93. The number of aliphatic hydroxyl groups excluding tert-OH is 1. The van der Waals surface area contributed by atoms with E-state index in [9.17, 15) is 5.11 Å². The van der Waals surface area contributed by atoms with E-state index in [1.54, 1.807) is 6.20 Å². The molecule has 1 aromatic carbocycles. The van der Waals surface area contributed by atoms with Crippen LogP contribution < -0.4 is 5.32 Å². The van der Waals surface area contributed by atoms with Crippen molar-refractivity contribution in [1.82, 2.24) is 24.6 Å². The lowest BCUT2D eigenvalue weighted by molar-refractivity contribution is 0.145. The number of benzene rings is 1. The summed E-state index contributed by atoms with van der Waals surface area (Å²) in [6.45, 7) is 2.66. The first-order chi connectivity index (χ1) is 11.8. The summed E-state index contributed by atoms with van der Waals surface area (Å²) in [6, 6.07) is 10.2. The van der Waals surface area contributed by atoms with E-state index in [1.807, 2.05) is 23.0 Å². The van der Waals surface area contributed by atoms with Gasteiger partial charge >= 0.3 is 0 Å². The second-order valence-corrected chi connectivity index (χ2v) is 6.49. The van der Waals surface area contributed by atoms with Gasteiger partial charge in [-0.15, -0.1) is 0 Å². The van der Waals surface area contributed by atoms with Crippen LogP contribution in [0.25, 0.3) is 11.5 Å². The van der Waals surface area contributed by atoms with Gasteiger partial charge in [0.1, 0.15) is 5.69 Å². The lowest BCUT2D eigenvalue weighted by atomic mass is 10.1. The molecule has 2 atom stereocenters. The van der Waals surface area contributed by atoms with E-state index in [1.165, 1.54) is 16.8 Å². The first kappa shape index (κ1) is 13.9. The third-order valence-corrected chi connectivity index (χ3v) is 5.03. The Balaban J connectivity index is 1.60. The van der Waals surface area contributed by atoms with Gasteiger partial charge in [-0.2, -0.15) is 5.10 Å². The van der Waals surface area contributed by atoms with Gasteiger partial charge < -0.3 is 15.0 Å². The van der Waals surface area contributed by atoms with Crippen LogP contribution in [0.4, 0.5) is 0 Å². The Morgan fingerprint density at radius 2 is 2.17 bits per heavy atom. The van der Waals surface area contributed by atoms with Gasteiger partial charge in [0.15, 0.2) is 5.82 Å². The number of hydrogen-bond acceptors (Lipinski definition) is 4. The molecule has 0 fully saturated rings. The zero-order chi connectivity index (χ0) is 16.1. The highest BCUT2D eigenvalue weighted by Crippen LogP contribution is 2.36. The zero-order valence-corrected chi connectivity index (χ0v) is 13.3. The molecule has 0 radical (unpaired) electrons. The summed E-state index contributed by atoms with van der Waals surface area (Å²) >= 11 is 0. The molecule has 0 bridgehead atoms. The molecule has 2 aliphatic rings. The number of fused-ring (bicyclic) bond motifs is 2. The van der Waals surface area contributed by atoms with Crippen molar-refractivity contribution >= 4 is 0 Å². The predicted molar refractivity (Wildman–Crippen MR) is 89.4 cm³/mol. The molecule has 2 aromatic heterocycles. The van der Waals surface area contributed by atoms with Crippen molar-refractivity contribution in [3.63, 3.8) is 0 Å². The maximum atomic E-state index is 10.6. The SMILES string of the molecule is O[C@H]1Cc2ccccc2[C@H]1n1ccnc1-c1cc2n(n1)CCNC2. The number of rotatable bonds is 2. The fraction of sp³-hybridized carbons (Fsp3) is 0.333. The van der Waals surface area contributed by atoms with Crippen molar-refractivity contribution in [3.8, 4) is 11.5 Å². The molecule has 3 aromatic rings. The minimum atomic E-state index is -0.436. The smallest absolute Gasteiger partial charge is 0.161 e. The maximum Gasteiger partial charge on any atom is 0.161 e. The standard InChI is InChI=1S/C18H19N5O/c24-16-9-12-3-1-2-4-14(12)17(16)22-7-6-20-18(22)15-10-13-11-19-5-8-23(13)21-15/h1-4,6-7,10,16-17,19,24H,5,8-9,11H2/t16-,17+/m0/s1. The number of aromatic nitrogens is 4. The van der Waals surface area contributed by atoms with Gasteiger partial charge in [0, 0.05) is 31.9 Å². The topological polar surface area (TPSA) is 67.9 Å². The predicted octanol–water partition coefficient (Wildman–Crippen LogP) is 1.36. The molecule has 0 saturated heterocycles. The summed E-state index contributed by atoms with van der Waals surface area (Å²) in [5, 5.41) is 18.7. The maximum absolute atomic E-state index is 10.6. The Hall–Kier alpha value is -2.44. The largest absolute Gasteiger partial charge is 0.390 e. The van der Waals surface area contributed by atoms with Crippen LogP contribution in [0.5, 0.6) is 0 Å². The van der Waals surface area contributed by atoms with Crippen LogP contribution in [0.3, 0.4) is 0 Å². The third kappa shape index (κ3) is 2.03. The minimum absolute atomic E-state index is 0.101. The van der Waals surface area contributed by atoms with E-state index in [4.69, 9.17) is 5.10 Å². The zero-order valence-electron chi connectivity index (χ0n) is 13.3. The molecule has 5 rings (SSSR count). The third-order valence-electron chi connectivity index (χ3n) is 5.03. The highest BCUT2D eigenvalue weighted by atomic mass is 16.3. The molecule has 0 spiro atoms. The molecular formula is C18H19N5O. The molecule has 1 aliphatic carbocycles. The molecule has 0 saturated carbocycles. The Bertz CT molecular complexity index is 873. The highest BCUT2D eigenvalue weighted by Gasteiger charge is 2.33. The molecule has 3 heterocycles. The van der Waals surface area contributed by atoms with Crippen LogP contribution in [0, 0.1) is 0 Å². The summed E-state index contributed by atoms with van der Waals surface area (Å²) in [7, 11) is 0. The van der Waals surface area contributed by atoms with Gasteiger partial charge in [0.2, 0.25) is 0 Å². The van der Waals surface area contributed by atoms with Crippen molar-refractivity contribution in [1.29, 1.82) is 0 Å². The van der Waals surface area contributed by atoms with Crippen LogP contribution in [-0.2, 0) is 19.5 Å². The van der Waals surface area contributed by atoms with E-state index in [0.717, 1.165) is 31.2 Å². The summed E-state index contributed by atoms with van der Waals surface area (Å²) in [6.07, 6.45) is 3.98. The average molecular weight is 321 g/mol. The van der Waals surface area contributed by atoms with Crippen LogP contribution in [-0.4, -0.2) is 37.1 Å². The Labute approximate surface area is 139 Å². The molecule has 0 unspecified atom stereocenters. The number of hydrogen-bond donors (Lipinski definition) is 2.